The number of nitrogens with zero attached hydrogens (tertiary/aromatic N) is 1. The molecule has 0 aliphatic rings. The van der Waals surface area contributed by atoms with E-state index < -0.39 is 20.2 Å². The van der Waals surface area contributed by atoms with Crippen molar-refractivity contribution in [3.8, 4) is 11.1 Å². The maximum absolute atomic E-state index is 12.2. The predicted molar refractivity (Wildman–Crippen MR) is 108 cm³/mol. The first-order valence-electron chi connectivity index (χ1n) is 8.20. The molecule has 0 saturated carbocycles. The van der Waals surface area contributed by atoms with Gasteiger partial charge in [-0.15, -0.1) is 0 Å². The van der Waals surface area contributed by atoms with Crippen molar-refractivity contribution in [3.63, 3.8) is 0 Å². The van der Waals surface area contributed by atoms with Gasteiger partial charge in [-0.3, -0.25) is 9.11 Å². The highest BCUT2D eigenvalue weighted by Crippen LogP contribution is 2.41. The summed E-state index contributed by atoms with van der Waals surface area (Å²) in [6.07, 6.45) is 0. The second kappa shape index (κ2) is 6.85. The Morgan fingerprint density at radius 2 is 1.46 bits per heavy atom. The van der Waals surface area contributed by atoms with E-state index in [2.05, 4.69) is 0 Å². The summed E-state index contributed by atoms with van der Waals surface area (Å²) < 4.78 is 66.9. The monoisotopic (exact) mass is 421 g/mol. The minimum absolute atomic E-state index is 0.165. The van der Waals surface area contributed by atoms with Gasteiger partial charge in [0.15, 0.2) is 0 Å². The highest BCUT2D eigenvalue weighted by molar-refractivity contribution is 7.86. The van der Waals surface area contributed by atoms with Crippen LogP contribution in [0, 0.1) is 6.92 Å². The standard InChI is InChI=1S/C19H19NO6S2/c1-12-10-18(28(24,25)26)19(15-6-4-5-7-17(15)20(2)3)16-11-13(27(21,22)23)8-9-14(12)16/h4-11H,1-3H3,(H,21,22,23)(H,24,25,26). The number of hydrogen-bond acceptors (Lipinski definition) is 5. The molecular weight excluding hydrogens is 402 g/mol. The third-order valence-corrected chi connectivity index (χ3v) is 6.24. The van der Waals surface area contributed by atoms with Crippen LogP contribution in [0.3, 0.4) is 0 Å². The Bertz CT molecular complexity index is 1300. The predicted octanol–water partition coefficient (Wildman–Crippen LogP) is 3.37. The summed E-state index contributed by atoms with van der Waals surface area (Å²) in [5, 5.41) is 0.889. The lowest BCUT2D eigenvalue weighted by Gasteiger charge is -2.21. The molecule has 7 nitrogen and oxygen atoms in total. The zero-order valence-corrected chi connectivity index (χ0v) is 17.0. The molecule has 0 fully saturated rings. The van der Waals surface area contributed by atoms with Crippen LogP contribution in [0.5, 0.6) is 0 Å². The topological polar surface area (TPSA) is 112 Å². The number of rotatable bonds is 4. The zero-order chi connectivity index (χ0) is 20.9. The van der Waals surface area contributed by atoms with Crippen LogP contribution in [0.15, 0.2) is 58.3 Å². The maximum atomic E-state index is 12.2. The van der Waals surface area contributed by atoms with Gasteiger partial charge in [0.25, 0.3) is 20.2 Å². The van der Waals surface area contributed by atoms with Gasteiger partial charge in [-0.1, -0.05) is 24.3 Å². The molecule has 3 aromatic rings. The fourth-order valence-electron chi connectivity index (χ4n) is 3.27. The molecule has 3 aromatic carbocycles. The van der Waals surface area contributed by atoms with E-state index in [1.165, 1.54) is 24.3 Å². The first-order valence-corrected chi connectivity index (χ1v) is 11.1. The number of para-hydroxylation sites is 1. The van der Waals surface area contributed by atoms with Crippen molar-refractivity contribution in [2.45, 2.75) is 16.7 Å². The third kappa shape index (κ3) is 3.61. The van der Waals surface area contributed by atoms with Gasteiger partial charge in [0.1, 0.15) is 4.90 Å². The molecule has 0 spiro atoms. The van der Waals surface area contributed by atoms with Crippen LogP contribution >= 0.6 is 0 Å². The van der Waals surface area contributed by atoms with Crippen LogP contribution in [-0.2, 0) is 20.2 Å². The molecule has 0 aromatic heterocycles. The summed E-state index contributed by atoms with van der Waals surface area (Å²) in [5.41, 5.74) is 1.88. The van der Waals surface area contributed by atoms with Gasteiger partial charge in [-0.2, -0.15) is 16.8 Å². The van der Waals surface area contributed by atoms with Crippen molar-refractivity contribution < 1.29 is 25.9 Å². The molecule has 0 radical (unpaired) electrons. The minimum Gasteiger partial charge on any atom is -0.377 e. The second-order valence-corrected chi connectivity index (χ2v) is 9.45. The van der Waals surface area contributed by atoms with Crippen molar-refractivity contribution in [2.75, 3.05) is 19.0 Å². The summed E-state index contributed by atoms with van der Waals surface area (Å²) in [7, 11) is -5.55. The molecule has 0 saturated heterocycles. The molecule has 0 bridgehead atoms. The smallest absolute Gasteiger partial charge is 0.295 e. The molecule has 0 aliphatic heterocycles. The molecule has 2 N–H and O–H groups in total. The summed E-state index contributed by atoms with van der Waals surface area (Å²) in [5.74, 6) is 0. The maximum Gasteiger partial charge on any atom is 0.295 e. The quantitative estimate of drug-likeness (QED) is 0.621. The van der Waals surface area contributed by atoms with Crippen molar-refractivity contribution in [2.24, 2.45) is 0 Å². The largest absolute Gasteiger partial charge is 0.377 e. The van der Waals surface area contributed by atoms with Gasteiger partial charge >= 0.3 is 0 Å². The van der Waals surface area contributed by atoms with Crippen LogP contribution < -0.4 is 4.90 Å². The summed E-state index contributed by atoms with van der Waals surface area (Å²) in [4.78, 5) is 1.08. The number of aryl methyl sites for hydroxylation is 1. The molecular formula is C19H19NO6S2. The van der Waals surface area contributed by atoms with Crippen molar-refractivity contribution in [1.82, 2.24) is 0 Å². The Labute approximate surface area is 163 Å². The Balaban J connectivity index is 2.61. The Kier molecular flexibility index (Phi) is 4.96. The van der Waals surface area contributed by atoms with Crippen molar-refractivity contribution in [1.29, 1.82) is 0 Å². The molecule has 148 valence electrons. The minimum atomic E-state index is -4.62. The van der Waals surface area contributed by atoms with Gasteiger partial charge in [0.2, 0.25) is 0 Å². The molecule has 0 heterocycles. The third-order valence-electron chi connectivity index (χ3n) is 4.51. The van der Waals surface area contributed by atoms with E-state index in [-0.39, 0.29) is 20.7 Å². The van der Waals surface area contributed by atoms with Gasteiger partial charge in [-0.05, 0) is 47.5 Å². The van der Waals surface area contributed by atoms with Crippen molar-refractivity contribution in [3.05, 3.63) is 54.1 Å². The normalized spacial score (nSPS) is 12.3. The lowest BCUT2D eigenvalue weighted by Crippen LogP contribution is -2.11. The van der Waals surface area contributed by atoms with E-state index in [9.17, 15) is 25.9 Å². The van der Waals surface area contributed by atoms with Gasteiger partial charge in [0.05, 0.1) is 4.90 Å². The molecule has 3 rings (SSSR count). The summed E-state index contributed by atoms with van der Waals surface area (Å²) in [6.45, 7) is 1.66. The molecule has 0 unspecified atom stereocenters. The first-order chi connectivity index (χ1) is 12.9. The molecule has 9 heteroatoms. The Hall–Kier alpha value is -2.46. The lowest BCUT2D eigenvalue weighted by molar-refractivity contribution is 0.481. The molecule has 0 amide bonds. The van der Waals surface area contributed by atoms with Crippen LogP contribution in [-0.4, -0.2) is 40.0 Å². The molecule has 28 heavy (non-hydrogen) atoms. The van der Waals surface area contributed by atoms with E-state index in [0.717, 1.165) is 0 Å². The highest BCUT2D eigenvalue weighted by Gasteiger charge is 2.24. The molecule has 0 aliphatic carbocycles. The van der Waals surface area contributed by atoms with Crippen LogP contribution in [0.1, 0.15) is 5.56 Å². The van der Waals surface area contributed by atoms with Crippen LogP contribution in [0.4, 0.5) is 5.69 Å². The summed E-state index contributed by atoms with van der Waals surface area (Å²) in [6, 6.07) is 12.3. The number of fused-ring (bicyclic) bond motifs is 1. The van der Waals surface area contributed by atoms with Gasteiger partial charge in [0, 0.05) is 30.9 Å². The summed E-state index contributed by atoms with van der Waals surface area (Å²) >= 11 is 0. The number of anilines is 1. The fourth-order valence-corrected chi connectivity index (χ4v) is 4.58. The first kappa shape index (κ1) is 20.3. The van der Waals surface area contributed by atoms with Crippen LogP contribution in [0.2, 0.25) is 0 Å². The van der Waals surface area contributed by atoms with Crippen molar-refractivity contribution >= 4 is 36.7 Å². The second-order valence-electron chi connectivity index (χ2n) is 6.64. The van der Waals surface area contributed by atoms with E-state index in [0.29, 0.717) is 22.2 Å². The van der Waals surface area contributed by atoms with E-state index >= 15 is 0 Å². The van der Waals surface area contributed by atoms with E-state index in [1.807, 2.05) is 0 Å². The average molecular weight is 421 g/mol. The highest BCUT2D eigenvalue weighted by atomic mass is 32.2. The van der Waals surface area contributed by atoms with E-state index in [4.69, 9.17) is 0 Å². The van der Waals surface area contributed by atoms with E-state index in [1.54, 1.807) is 50.2 Å². The number of benzene rings is 3. The lowest BCUT2D eigenvalue weighted by atomic mass is 9.94. The molecule has 0 atom stereocenters. The average Bonchev–Trinajstić information content (AvgIpc) is 2.59. The Morgan fingerprint density at radius 3 is 2.04 bits per heavy atom. The van der Waals surface area contributed by atoms with Gasteiger partial charge in [-0.25, -0.2) is 0 Å². The van der Waals surface area contributed by atoms with Gasteiger partial charge < -0.3 is 4.90 Å². The fraction of sp³-hybridized carbons (Fsp3) is 0.158. The SMILES string of the molecule is Cc1cc(S(=O)(=O)O)c(-c2ccccc2N(C)C)c2cc(S(=O)(=O)O)ccc12. The number of hydrogen-bond donors (Lipinski definition) is 2. The van der Waals surface area contributed by atoms with Crippen LogP contribution in [0.25, 0.3) is 21.9 Å². The zero-order valence-electron chi connectivity index (χ0n) is 15.4. The Morgan fingerprint density at radius 1 is 0.821 bits per heavy atom.